The molecule has 0 aliphatic rings. The zero-order chi connectivity index (χ0) is 12.1. The summed E-state index contributed by atoms with van der Waals surface area (Å²) in [7, 11) is 0. The van der Waals surface area contributed by atoms with Crippen LogP contribution in [0.2, 0.25) is 0 Å². The minimum absolute atomic E-state index is 1.14. The first-order chi connectivity index (χ1) is 8.24. The van der Waals surface area contributed by atoms with E-state index >= 15 is 0 Å². The monoisotopic (exact) mass is 400 g/mol. The Kier molecular flexibility index (Phi) is 5.04. The van der Waals surface area contributed by atoms with E-state index in [0.717, 1.165) is 12.8 Å². The largest absolute Gasteiger partial charge is 0.0622 e. The van der Waals surface area contributed by atoms with Gasteiger partial charge in [0.2, 0.25) is 0 Å². The summed E-state index contributed by atoms with van der Waals surface area (Å²) in [5.41, 5.74) is 2.84. The molecule has 2 heteroatoms. The fourth-order valence-electron chi connectivity index (χ4n) is 1.90. The van der Waals surface area contributed by atoms with E-state index in [1.807, 2.05) is 0 Å². The minimum Gasteiger partial charge on any atom is -0.0622 e. The fourth-order valence-corrected chi connectivity index (χ4v) is 3.60. The van der Waals surface area contributed by atoms with Crippen molar-refractivity contribution in [2.75, 3.05) is 0 Å². The molecule has 2 aromatic rings. The maximum atomic E-state index is 3.54. The molecule has 0 aliphatic heterocycles. The third-order valence-electron chi connectivity index (χ3n) is 2.70. The average Bonchev–Trinajstić information content (AvgIpc) is 2.29. The van der Waals surface area contributed by atoms with E-state index in [9.17, 15) is 0 Å². The van der Waals surface area contributed by atoms with Gasteiger partial charge in [0.05, 0.1) is 0 Å². The van der Waals surface area contributed by atoms with Crippen molar-refractivity contribution in [3.63, 3.8) is 0 Å². The Morgan fingerprint density at radius 1 is 0.882 bits per heavy atom. The van der Waals surface area contributed by atoms with Crippen molar-refractivity contribution in [2.24, 2.45) is 0 Å². The van der Waals surface area contributed by atoms with Gasteiger partial charge in [-0.1, -0.05) is 46.3 Å². The third kappa shape index (κ3) is 4.43. The van der Waals surface area contributed by atoms with Gasteiger partial charge in [0.15, 0.2) is 0 Å². The summed E-state index contributed by atoms with van der Waals surface area (Å²) in [5, 5.41) is 0. The van der Waals surface area contributed by atoms with Crippen molar-refractivity contribution >= 4 is 38.5 Å². The topological polar surface area (TPSA) is 0 Å². The fraction of sp³-hybridized carbons (Fsp3) is 0.200. The molecule has 0 spiro atoms. The van der Waals surface area contributed by atoms with E-state index in [4.69, 9.17) is 0 Å². The molecule has 0 radical (unpaired) electrons. The lowest BCUT2D eigenvalue weighted by atomic mass is 10.0. The molecule has 2 aromatic carbocycles. The van der Waals surface area contributed by atoms with E-state index in [0.29, 0.717) is 0 Å². The molecule has 0 nitrogen and oxygen atoms in total. The average molecular weight is 401 g/mol. The Morgan fingerprint density at radius 2 is 1.59 bits per heavy atom. The van der Waals surface area contributed by atoms with Crippen molar-refractivity contribution in [3.8, 4) is 0 Å². The quantitative estimate of drug-likeness (QED) is 0.616. The molecule has 88 valence electrons. The summed E-state index contributed by atoms with van der Waals surface area (Å²) in [6, 6.07) is 17.3. The normalized spacial score (nSPS) is 10.5. The van der Waals surface area contributed by atoms with Crippen LogP contribution >= 0.6 is 38.5 Å². The van der Waals surface area contributed by atoms with Gasteiger partial charge in [-0.15, -0.1) is 0 Å². The van der Waals surface area contributed by atoms with Crippen LogP contribution in [0.3, 0.4) is 0 Å². The van der Waals surface area contributed by atoms with Crippen LogP contribution < -0.4 is 0 Å². The molecule has 0 amide bonds. The van der Waals surface area contributed by atoms with Crippen LogP contribution in [0, 0.1) is 3.57 Å². The summed E-state index contributed by atoms with van der Waals surface area (Å²) in [5.74, 6) is 0. The smallest absolute Gasteiger partial charge is 0.0188 e. The Bertz CT molecular complexity index is 459. The van der Waals surface area contributed by atoms with Gasteiger partial charge in [0.1, 0.15) is 0 Å². The molecular formula is C15H14BrI. The Hall–Kier alpha value is -0.350. The van der Waals surface area contributed by atoms with Crippen molar-refractivity contribution < 1.29 is 0 Å². The van der Waals surface area contributed by atoms with Crippen molar-refractivity contribution in [2.45, 2.75) is 19.3 Å². The van der Waals surface area contributed by atoms with Crippen LogP contribution in [0.5, 0.6) is 0 Å². The van der Waals surface area contributed by atoms with Crippen molar-refractivity contribution in [1.82, 2.24) is 0 Å². The van der Waals surface area contributed by atoms with E-state index in [1.54, 1.807) is 0 Å². The summed E-state index contributed by atoms with van der Waals surface area (Å²) in [6.07, 6.45) is 3.50. The number of hydrogen-bond donors (Lipinski definition) is 0. The van der Waals surface area contributed by atoms with Crippen LogP contribution in [0.15, 0.2) is 53.0 Å². The Balaban J connectivity index is 1.90. The lowest BCUT2D eigenvalue weighted by Gasteiger charge is -2.04. The van der Waals surface area contributed by atoms with E-state index in [-0.39, 0.29) is 0 Å². The van der Waals surface area contributed by atoms with Gasteiger partial charge in [-0.3, -0.25) is 0 Å². The molecule has 0 fully saturated rings. The second kappa shape index (κ2) is 6.55. The van der Waals surface area contributed by atoms with Crippen LogP contribution in [0.1, 0.15) is 17.5 Å². The van der Waals surface area contributed by atoms with Gasteiger partial charge >= 0.3 is 0 Å². The maximum Gasteiger partial charge on any atom is 0.0188 e. The first-order valence-electron chi connectivity index (χ1n) is 5.73. The zero-order valence-corrected chi connectivity index (χ0v) is 13.2. The first kappa shape index (κ1) is 13.1. The zero-order valence-electron chi connectivity index (χ0n) is 9.50. The SMILES string of the molecule is Brc1cc(I)cc(CCCc2ccccc2)c1. The van der Waals surface area contributed by atoms with Crippen LogP contribution in [0.25, 0.3) is 0 Å². The van der Waals surface area contributed by atoms with Crippen LogP contribution in [-0.2, 0) is 12.8 Å². The molecule has 0 unspecified atom stereocenters. The van der Waals surface area contributed by atoms with Crippen LogP contribution in [0.4, 0.5) is 0 Å². The molecule has 0 heterocycles. The van der Waals surface area contributed by atoms with E-state index in [2.05, 4.69) is 87.1 Å². The molecule has 0 saturated carbocycles. The molecular weight excluding hydrogens is 387 g/mol. The number of hydrogen-bond acceptors (Lipinski definition) is 0. The number of aryl methyl sites for hydroxylation is 2. The van der Waals surface area contributed by atoms with Gasteiger partial charge in [-0.25, -0.2) is 0 Å². The van der Waals surface area contributed by atoms with Crippen molar-refractivity contribution in [1.29, 1.82) is 0 Å². The molecule has 0 N–H and O–H groups in total. The number of halogens is 2. The van der Waals surface area contributed by atoms with Gasteiger partial charge in [0.25, 0.3) is 0 Å². The highest BCUT2D eigenvalue weighted by Crippen LogP contribution is 2.19. The van der Waals surface area contributed by atoms with Gasteiger partial charge in [-0.2, -0.15) is 0 Å². The Morgan fingerprint density at radius 3 is 2.29 bits per heavy atom. The van der Waals surface area contributed by atoms with Crippen molar-refractivity contribution in [3.05, 3.63) is 67.7 Å². The molecule has 0 aromatic heterocycles. The molecule has 2 rings (SSSR count). The maximum absolute atomic E-state index is 3.54. The van der Waals surface area contributed by atoms with E-state index in [1.165, 1.54) is 25.6 Å². The summed E-state index contributed by atoms with van der Waals surface area (Å²) in [4.78, 5) is 0. The highest BCUT2D eigenvalue weighted by atomic mass is 127. The summed E-state index contributed by atoms with van der Waals surface area (Å²) in [6.45, 7) is 0. The summed E-state index contributed by atoms with van der Waals surface area (Å²) < 4.78 is 2.48. The lowest BCUT2D eigenvalue weighted by Crippen LogP contribution is -1.90. The summed E-state index contributed by atoms with van der Waals surface area (Å²) >= 11 is 5.91. The Labute approximate surface area is 125 Å². The van der Waals surface area contributed by atoms with Gasteiger partial charge in [0, 0.05) is 8.04 Å². The molecule has 17 heavy (non-hydrogen) atoms. The second-order valence-electron chi connectivity index (χ2n) is 4.12. The molecule has 0 atom stereocenters. The number of benzene rings is 2. The molecule has 0 saturated heterocycles. The first-order valence-corrected chi connectivity index (χ1v) is 7.60. The lowest BCUT2D eigenvalue weighted by molar-refractivity contribution is 0.820. The predicted molar refractivity (Wildman–Crippen MR) is 85.3 cm³/mol. The van der Waals surface area contributed by atoms with Gasteiger partial charge < -0.3 is 0 Å². The predicted octanol–water partition coefficient (Wildman–Crippen LogP) is 5.23. The molecule has 0 aliphatic carbocycles. The standard InChI is InChI=1S/C15H14BrI/c16-14-9-13(10-15(17)11-14)8-4-7-12-5-2-1-3-6-12/h1-3,5-6,9-11H,4,7-8H2. The second-order valence-corrected chi connectivity index (χ2v) is 6.28. The minimum atomic E-state index is 1.14. The molecule has 0 bridgehead atoms. The highest BCUT2D eigenvalue weighted by molar-refractivity contribution is 14.1. The highest BCUT2D eigenvalue weighted by Gasteiger charge is 1.98. The number of rotatable bonds is 4. The van der Waals surface area contributed by atoms with Gasteiger partial charge in [-0.05, 0) is 71.2 Å². The van der Waals surface area contributed by atoms with Crippen LogP contribution in [-0.4, -0.2) is 0 Å². The van der Waals surface area contributed by atoms with E-state index < -0.39 is 0 Å². The third-order valence-corrected chi connectivity index (χ3v) is 3.78.